The van der Waals surface area contributed by atoms with Crippen molar-refractivity contribution < 1.29 is 27.5 Å². The van der Waals surface area contributed by atoms with Gasteiger partial charge in [0.2, 0.25) is 0 Å². The summed E-state index contributed by atoms with van der Waals surface area (Å²) in [7, 11) is 0. The summed E-state index contributed by atoms with van der Waals surface area (Å²) in [5.74, 6) is 0.804. The third kappa shape index (κ3) is 5.21. The molecule has 0 aliphatic carbocycles. The van der Waals surface area contributed by atoms with Crippen LogP contribution in [0.1, 0.15) is 18.4 Å². The molecule has 1 aromatic rings. The summed E-state index contributed by atoms with van der Waals surface area (Å²) in [5, 5.41) is 13.8. The summed E-state index contributed by atoms with van der Waals surface area (Å²) in [5.41, 5.74) is -1.50. The van der Waals surface area contributed by atoms with E-state index in [-0.39, 0.29) is 12.3 Å². The van der Waals surface area contributed by atoms with E-state index in [0.29, 0.717) is 5.76 Å². The van der Waals surface area contributed by atoms with E-state index in [0.717, 1.165) is 0 Å². The van der Waals surface area contributed by atoms with Crippen LogP contribution in [0.25, 0.3) is 0 Å². The Morgan fingerprint density at radius 3 is 2.37 bits per heavy atom. The summed E-state index contributed by atoms with van der Waals surface area (Å²) in [6.07, 6.45) is -4.47. The molecule has 5 nitrogen and oxygen atoms in total. The third-order valence-electron chi connectivity index (χ3n) is 2.31. The molecule has 0 aliphatic rings. The van der Waals surface area contributed by atoms with Gasteiger partial charge in [-0.15, -0.1) is 0 Å². The van der Waals surface area contributed by atoms with Gasteiger partial charge in [-0.1, -0.05) is 0 Å². The molecule has 1 heterocycles. The Balaban J connectivity index is 2.45. The first kappa shape index (κ1) is 15.4. The van der Waals surface area contributed by atoms with Crippen LogP contribution in [0.4, 0.5) is 18.0 Å². The van der Waals surface area contributed by atoms with Crippen LogP contribution in [0.5, 0.6) is 0 Å². The van der Waals surface area contributed by atoms with Crippen LogP contribution in [-0.2, 0) is 5.60 Å². The molecule has 108 valence electrons. The fraction of sp³-hybridized carbons (Fsp3) is 0.545. The van der Waals surface area contributed by atoms with Crippen LogP contribution in [-0.4, -0.2) is 30.4 Å². The molecular weight excluding hydrogens is 265 g/mol. The van der Waals surface area contributed by atoms with E-state index >= 15 is 0 Å². The van der Waals surface area contributed by atoms with E-state index in [1.54, 1.807) is 18.3 Å². The lowest BCUT2D eigenvalue weighted by molar-refractivity contribution is -0.122. The summed E-state index contributed by atoms with van der Waals surface area (Å²) < 4.78 is 40.7. The predicted octanol–water partition coefficient (Wildman–Crippen LogP) is 1.66. The van der Waals surface area contributed by atoms with Gasteiger partial charge in [0.15, 0.2) is 0 Å². The zero-order valence-corrected chi connectivity index (χ0v) is 10.5. The Labute approximate surface area is 107 Å². The molecule has 0 fully saturated rings. The van der Waals surface area contributed by atoms with E-state index in [1.807, 2.05) is 0 Å². The van der Waals surface area contributed by atoms with Crippen molar-refractivity contribution >= 4 is 6.03 Å². The van der Waals surface area contributed by atoms with Crippen LogP contribution in [0.3, 0.4) is 0 Å². The minimum Gasteiger partial charge on any atom is -0.463 e. The van der Waals surface area contributed by atoms with Gasteiger partial charge in [-0.2, -0.15) is 13.2 Å². The van der Waals surface area contributed by atoms with Crippen molar-refractivity contribution in [1.82, 2.24) is 10.6 Å². The molecule has 0 bridgehead atoms. The van der Waals surface area contributed by atoms with Gasteiger partial charge in [-0.3, -0.25) is 0 Å². The van der Waals surface area contributed by atoms with Crippen LogP contribution in [0.15, 0.2) is 16.5 Å². The first-order valence-electron chi connectivity index (χ1n) is 5.48. The van der Waals surface area contributed by atoms with Crippen molar-refractivity contribution in [2.75, 3.05) is 13.1 Å². The Kier molecular flexibility index (Phi) is 4.46. The lowest BCUT2D eigenvalue weighted by Gasteiger charge is -2.21. The highest BCUT2D eigenvalue weighted by Gasteiger charge is 2.30. The first-order chi connectivity index (χ1) is 8.60. The highest BCUT2D eigenvalue weighted by molar-refractivity contribution is 5.73. The minimum absolute atomic E-state index is 0.223. The summed E-state index contributed by atoms with van der Waals surface area (Å²) in [4.78, 5) is 11.1. The molecule has 1 aromatic heterocycles. The largest absolute Gasteiger partial charge is 0.463 e. The molecule has 0 saturated carbocycles. The Morgan fingerprint density at radius 1 is 1.32 bits per heavy atom. The lowest BCUT2D eigenvalue weighted by atomic mass is 10.0. The molecule has 8 heteroatoms. The Bertz CT molecular complexity index is 441. The van der Waals surface area contributed by atoms with Gasteiger partial charge in [-0.25, -0.2) is 4.79 Å². The van der Waals surface area contributed by atoms with Gasteiger partial charge < -0.3 is 20.2 Å². The number of hydrogen-bond donors (Lipinski definition) is 3. The van der Waals surface area contributed by atoms with Crippen molar-refractivity contribution in [3.63, 3.8) is 0 Å². The Morgan fingerprint density at radius 2 is 1.89 bits per heavy atom. The second kappa shape index (κ2) is 5.52. The standard InChI is InChI=1S/C11H15F3N2O3/c1-7-3-4-8(19-7)10(2,18)5-15-9(17)16-6-11(12,13)14/h3-4,18H,5-6H2,1-2H3,(H2,15,16,17). The number of urea groups is 1. The lowest BCUT2D eigenvalue weighted by Crippen LogP contribution is -2.45. The average molecular weight is 280 g/mol. The summed E-state index contributed by atoms with van der Waals surface area (Å²) in [6, 6.07) is 2.15. The van der Waals surface area contributed by atoms with Crippen molar-refractivity contribution in [3.05, 3.63) is 23.7 Å². The van der Waals surface area contributed by atoms with Crippen LogP contribution < -0.4 is 10.6 Å². The van der Waals surface area contributed by atoms with Gasteiger partial charge in [0.1, 0.15) is 23.7 Å². The SMILES string of the molecule is Cc1ccc(C(C)(O)CNC(=O)NCC(F)(F)F)o1. The highest BCUT2D eigenvalue weighted by atomic mass is 19.4. The van der Waals surface area contributed by atoms with E-state index in [1.165, 1.54) is 13.0 Å². The summed E-state index contributed by atoms with van der Waals surface area (Å²) in [6.45, 7) is 1.36. The average Bonchev–Trinajstić information content (AvgIpc) is 2.70. The van der Waals surface area contributed by atoms with Crippen LogP contribution >= 0.6 is 0 Å². The van der Waals surface area contributed by atoms with E-state index in [2.05, 4.69) is 5.32 Å². The summed E-state index contributed by atoms with van der Waals surface area (Å²) >= 11 is 0. The number of carbonyl (C=O) groups excluding carboxylic acids is 1. The van der Waals surface area contributed by atoms with Gasteiger partial charge in [0, 0.05) is 0 Å². The van der Waals surface area contributed by atoms with Crippen molar-refractivity contribution in [3.8, 4) is 0 Å². The number of amides is 2. The molecule has 0 radical (unpaired) electrons. The number of hydrogen-bond acceptors (Lipinski definition) is 3. The maximum absolute atomic E-state index is 11.9. The number of halogens is 3. The van der Waals surface area contributed by atoms with Gasteiger partial charge in [0.25, 0.3) is 0 Å². The fourth-order valence-corrected chi connectivity index (χ4v) is 1.31. The maximum atomic E-state index is 11.9. The Hall–Kier alpha value is -1.70. The first-order valence-corrected chi connectivity index (χ1v) is 5.48. The van der Waals surface area contributed by atoms with Gasteiger partial charge in [0.05, 0.1) is 6.54 Å². The second-order valence-electron chi connectivity index (χ2n) is 4.34. The van der Waals surface area contributed by atoms with Crippen LogP contribution in [0.2, 0.25) is 0 Å². The number of alkyl halides is 3. The molecular formula is C11H15F3N2O3. The molecule has 0 aliphatic heterocycles. The minimum atomic E-state index is -4.47. The number of nitrogens with one attached hydrogen (secondary N) is 2. The molecule has 1 unspecified atom stereocenters. The van der Waals surface area contributed by atoms with Crippen molar-refractivity contribution in [2.45, 2.75) is 25.6 Å². The van der Waals surface area contributed by atoms with Crippen LogP contribution in [0, 0.1) is 6.92 Å². The number of aliphatic hydroxyl groups is 1. The van der Waals surface area contributed by atoms with E-state index < -0.39 is 24.4 Å². The van der Waals surface area contributed by atoms with E-state index in [9.17, 15) is 23.1 Å². The highest BCUT2D eigenvalue weighted by Crippen LogP contribution is 2.21. The fourth-order valence-electron chi connectivity index (χ4n) is 1.31. The molecule has 3 N–H and O–H groups in total. The van der Waals surface area contributed by atoms with E-state index in [4.69, 9.17) is 4.42 Å². The molecule has 2 amide bonds. The van der Waals surface area contributed by atoms with Crippen molar-refractivity contribution in [1.29, 1.82) is 0 Å². The predicted molar refractivity (Wildman–Crippen MR) is 60.5 cm³/mol. The number of furan rings is 1. The smallest absolute Gasteiger partial charge is 0.405 e. The maximum Gasteiger partial charge on any atom is 0.405 e. The zero-order chi connectivity index (χ0) is 14.7. The monoisotopic (exact) mass is 280 g/mol. The molecule has 0 spiro atoms. The molecule has 1 rings (SSSR count). The third-order valence-corrected chi connectivity index (χ3v) is 2.31. The normalized spacial score (nSPS) is 14.8. The topological polar surface area (TPSA) is 74.5 Å². The molecule has 0 aromatic carbocycles. The second-order valence-corrected chi connectivity index (χ2v) is 4.34. The van der Waals surface area contributed by atoms with Crippen molar-refractivity contribution in [2.24, 2.45) is 0 Å². The van der Waals surface area contributed by atoms with Gasteiger partial charge >= 0.3 is 12.2 Å². The number of rotatable bonds is 4. The number of aryl methyl sites for hydroxylation is 1. The zero-order valence-electron chi connectivity index (χ0n) is 10.5. The molecule has 0 saturated heterocycles. The molecule has 1 atom stereocenters. The quantitative estimate of drug-likeness (QED) is 0.785. The number of carbonyl (C=O) groups is 1. The van der Waals surface area contributed by atoms with Gasteiger partial charge in [-0.05, 0) is 26.0 Å². The molecule has 19 heavy (non-hydrogen) atoms.